The van der Waals surface area contributed by atoms with E-state index in [-0.39, 0.29) is 0 Å². The summed E-state index contributed by atoms with van der Waals surface area (Å²) in [6.07, 6.45) is 0. The molecule has 0 aliphatic rings. The summed E-state index contributed by atoms with van der Waals surface area (Å²) in [4.78, 5) is 0. The van der Waals surface area contributed by atoms with E-state index < -0.39 is 0 Å². The van der Waals surface area contributed by atoms with Gasteiger partial charge in [0.15, 0.2) is 0 Å². The maximum absolute atomic E-state index is 8.70. The average molecular weight is 277 g/mol. The van der Waals surface area contributed by atoms with Crippen molar-refractivity contribution < 1.29 is 0 Å². The fraction of sp³-hybridized carbons (Fsp3) is 0.0714. The first-order valence-corrected chi connectivity index (χ1v) is 6.12. The first kappa shape index (κ1) is 12.8. The second-order valence-electron chi connectivity index (χ2n) is 3.82. The van der Waals surface area contributed by atoms with Crippen molar-refractivity contribution in [1.29, 1.82) is 5.26 Å². The number of halogens is 2. The molecule has 0 aromatic heterocycles. The topological polar surface area (TPSA) is 35.8 Å². The van der Waals surface area contributed by atoms with Crippen molar-refractivity contribution in [2.24, 2.45) is 0 Å². The summed E-state index contributed by atoms with van der Waals surface area (Å²) in [5.74, 6) is 0. The number of anilines is 1. The van der Waals surface area contributed by atoms with E-state index in [0.717, 1.165) is 11.3 Å². The molecular formula is C14H10Cl2N2. The summed E-state index contributed by atoms with van der Waals surface area (Å²) in [5.41, 5.74) is 2.62. The van der Waals surface area contributed by atoms with Crippen LogP contribution < -0.4 is 5.32 Å². The predicted octanol–water partition coefficient (Wildman–Crippen LogP) is 4.48. The van der Waals surface area contributed by atoms with Gasteiger partial charge in [-0.2, -0.15) is 5.26 Å². The molecule has 0 heterocycles. The van der Waals surface area contributed by atoms with Gasteiger partial charge in [0, 0.05) is 22.3 Å². The van der Waals surface area contributed by atoms with Crippen LogP contribution in [0.25, 0.3) is 0 Å². The third-order valence-electron chi connectivity index (χ3n) is 2.44. The monoisotopic (exact) mass is 276 g/mol. The van der Waals surface area contributed by atoms with Gasteiger partial charge >= 0.3 is 0 Å². The van der Waals surface area contributed by atoms with Gasteiger partial charge in [0.1, 0.15) is 0 Å². The average Bonchev–Trinajstić information content (AvgIpc) is 2.36. The highest BCUT2D eigenvalue weighted by Crippen LogP contribution is 2.22. The third-order valence-corrected chi connectivity index (χ3v) is 2.88. The van der Waals surface area contributed by atoms with Crippen molar-refractivity contribution in [2.75, 3.05) is 5.32 Å². The van der Waals surface area contributed by atoms with Crippen LogP contribution >= 0.6 is 23.2 Å². The third kappa shape index (κ3) is 3.40. The van der Waals surface area contributed by atoms with Crippen LogP contribution in [0.1, 0.15) is 11.1 Å². The van der Waals surface area contributed by atoms with Gasteiger partial charge in [-0.1, -0.05) is 35.3 Å². The number of hydrogen-bond acceptors (Lipinski definition) is 2. The molecule has 4 heteroatoms. The molecule has 0 fully saturated rings. The molecule has 0 radical (unpaired) electrons. The molecule has 2 nitrogen and oxygen atoms in total. The van der Waals surface area contributed by atoms with Gasteiger partial charge < -0.3 is 5.32 Å². The van der Waals surface area contributed by atoms with Crippen LogP contribution in [-0.4, -0.2) is 0 Å². The number of nitrogens with one attached hydrogen (secondary N) is 1. The summed E-state index contributed by atoms with van der Waals surface area (Å²) in [7, 11) is 0. The Morgan fingerprint density at radius 2 is 1.61 bits per heavy atom. The lowest BCUT2D eigenvalue weighted by Crippen LogP contribution is -1.99. The Morgan fingerprint density at radius 1 is 1.00 bits per heavy atom. The van der Waals surface area contributed by atoms with Gasteiger partial charge in [0.05, 0.1) is 11.6 Å². The first-order chi connectivity index (χ1) is 8.67. The van der Waals surface area contributed by atoms with Crippen LogP contribution in [0.5, 0.6) is 0 Å². The molecule has 0 saturated heterocycles. The van der Waals surface area contributed by atoms with E-state index >= 15 is 0 Å². The molecule has 18 heavy (non-hydrogen) atoms. The predicted molar refractivity (Wildman–Crippen MR) is 74.9 cm³/mol. The van der Waals surface area contributed by atoms with Crippen molar-refractivity contribution in [2.45, 2.75) is 6.54 Å². The Hall–Kier alpha value is -1.69. The Balaban J connectivity index is 2.04. The number of nitrogens with zero attached hydrogens (tertiary/aromatic N) is 1. The van der Waals surface area contributed by atoms with E-state index in [4.69, 9.17) is 28.5 Å². The molecule has 2 aromatic carbocycles. The number of hydrogen-bond donors (Lipinski definition) is 1. The van der Waals surface area contributed by atoms with Crippen LogP contribution in [0, 0.1) is 11.3 Å². The van der Waals surface area contributed by atoms with Crippen molar-refractivity contribution in [3.63, 3.8) is 0 Å². The van der Waals surface area contributed by atoms with E-state index in [0.29, 0.717) is 22.2 Å². The van der Waals surface area contributed by atoms with E-state index in [2.05, 4.69) is 11.4 Å². The standard InChI is InChI=1S/C14H10Cl2N2/c15-12-5-13(16)7-14(6-12)18-9-11-3-1-10(8-17)2-4-11/h1-7,18H,9H2. The molecule has 0 amide bonds. The summed E-state index contributed by atoms with van der Waals surface area (Å²) in [6.45, 7) is 0.655. The van der Waals surface area contributed by atoms with Crippen molar-refractivity contribution in [1.82, 2.24) is 0 Å². The normalized spacial score (nSPS) is 9.83. The zero-order valence-corrected chi connectivity index (χ0v) is 11.0. The lowest BCUT2D eigenvalue weighted by atomic mass is 10.1. The van der Waals surface area contributed by atoms with Crippen molar-refractivity contribution in [3.05, 3.63) is 63.6 Å². The Morgan fingerprint density at radius 3 is 2.17 bits per heavy atom. The van der Waals surface area contributed by atoms with Gasteiger partial charge in [0.25, 0.3) is 0 Å². The maximum atomic E-state index is 8.70. The second kappa shape index (κ2) is 5.77. The van der Waals surface area contributed by atoms with E-state index in [1.54, 1.807) is 18.2 Å². The fourth-order valence-electron chi connectivity index (χ4n) is 1.56. The second-order valence-corrected chi connectivity index (χ2v) is 4.69. The maximum Gasteiger partial charge on any atom is 0.0991 e. The van der Waals surface area contributed by atoms with Crippen molar-refractivity contribution >= 4 is 28.9 Å². The zero-order chi connectivity index (χ0) is 13.0. The minimum Gasteiger partial charge on any atom is -0.381 e. The molecule has 0 spiro atoms. The first-order valence-electron chi connectivity index (χ1n) is 5.36. The number of rotatable bonds is 3. The zero-order valence-electron chi connectivity index (χ0n) is 9.45. The molecule has 0 bridgehead atoms. The summed E-state index contributed by atoms with van der Waals surface area (Å²) in [5, 5.41) is 13.1. The van der Waals surface area contributed by atoms with Crippen LogP contribution in [0.4, 0.5) is 5.69 Å². The van der Waals surface area contributed by atoms with Crippen molar-refractivity contribution in [3.8, 4) is 6.07 Å². The largest absolute Gasteiger partial charge is 0.381 e. The fourth-order valence-corrected chi connectivity index (χ4v) is 2.08. The lowest BCUT2D eigenvalue weighted by Gasteiger charge is -2.07. The van der Waals surface area contributed by atoms with Gasteiger partial charge in [-0.25, -0.2) is 0 Å². The molecule has 2 rings (SSSR count). The molecule has 0 saturated carbocycles. The SMILES string of the molecule is N#Cc1ccc(CNc2cc(Cl)cc(Cl)c2)cc1. The highest BCUT2D eigenvalue weighted by atomic mass is 35.5. The molecule has 0 aliphatic heterocycles. The smallest absolute Gasteiger partial charge is 0.0991 e. The lowest BCUT2D eigenvalue weighted by molar-refractivity contribution is 1.15. The number of benzene rings is 2. The minimum atomic E-state index is 0.602. The summed E-state index contributed by atoms with van der Waals surface area (Å²) in [6, 6.07) is 14.8. The summed E-state index contributed by atoms with van der Waals surface area (Å²) < 4.78 is 0. The van der Waals surface area contributed by atoms with Gasteiger partial charge in [0.2, 0.25) is 0 Å². The number of nitriles is 1. The Labute approximate surface area is 116 Å². The molecule has 0 unspecified atom stereocenters. The molecule has 1 N–H and O–H groups in total. The van der Waals surface area contributed by atoms with Gasteiger partial charge in [-0.3, -0.25) is 0 Å². The summed E-state index contributed by atoms with van der Waals surface area (Å²) >= 11 is 11.8. The van der Waals surface area contributed by atoms with E-state index in [1.165, 1.54) is 0 Å². The molecule has 2 aromatic rings. The highest BCUT2D eigenvalue weighted by molar-refractivity contribution is 6.35. The minimum absolute atomic E-state index is 0.602. The molecule has 0 aliphatic carbocycles. The van der Waals surface area contributed by atoms with Gasteiger partial charge in [-0.15, -0.1) is 0 Å². The van der Waals surface area contributed by atoms with Crippen LogP contribution in [-0.2, 0) is 6.54 Å². The Kier molecular flexibility index (Phi) is 4.09. The van der Waals surface area contributed by atoms with Gasteiger partial charge in [-0.05, 0) is 35.9 Å². The van der Waals surface area contributed by atoms with Crippen LogP contribution in [0.15, 0.2) is 42.5 Å². The molecule has 0 atom stereocenters. The Bertz CT molecular complexity index is 565. The van der Waals surface area contributed by atoms with E-state index in [9.17, 15) is 0 Å². The molecule has 90 valence electrons. The highest BCUT2D eigenvalue weighted by Gasteiger charge is 1.99. The molecular weight excluding hydrogens is 267 g/mol. The van der Waals surface area contributed by atoms with Crippen LogP contribution in [0.3, 0.4) is 0 Å². The quantitative estimate of drug-likeness (QED) is 0.898. The van der Waals surface area contributed by atoms with E-state index in [1.807, 2.05) is 24.3 Å². The van der Waals surface area contributed by atoms with Crippen LogP contribution in [0.2, 0.25) is 10.0 Å².